The van der Waals surface area contributed by atoms with Crippen LogP contribution in [0.2, 0.25) is 0 Å². The van der Waals surface area contributed by atoms with Crippen LogP contribution in [0.4, 0.5) is 0 Å². The third kappa shape index (κ3) is 9.30. The van der Waals surface area contributed by atoms with Gasteiger partial charge in [0.2, 0.25) is 5.91 Å². The van der Waals surface area contributed by atoms with Crippen molar-refractivity contribution in [3.63, 3.8) is 0 Å². The number of nitrogens with one attached hydrogen (secondary N) is 2. The second-order valence-electron chi connectivity index (χ2n) is 4.28. The second kappa shape index (κ2) is 5.19. The van der Waals surface area contributed by atoms with Crippen molar-refractivity contribution < 1.29 is 9.90 Å². The summed E-state index contributed by atoms with van der Waals surface area (Å²) in [6.07, 6.45) is -0.414. The van der Waals surface area contributed by atoms with Crippen LogP contribution < -0.4 is 10.6 Å². The maximum Gasteiger partial charge on any atom is 0.234 e. The molecule has 0 aliphatic rings. The number of carbonyl (C=O) groups is 1. The van der Waals surface area contributed by atoms with Crippen molar-refractivity contribution in [2.45, 2.75) is 39.3 Å². The maximum atomic E-state index is 11.2. The van der Waals surface area contributed by atoms with E-state index in [1.807, 2.05) is 20.8 Å². The summed E-state index contributed by atoms with van der Waals surface area (Å²) in [7, 11) is 0. The summed E-state index contributed by atoms with van der Waals surface area (Å²) in [4.78, 5) is 11.2. The van der Waals surface area contributed by atoms with Crippen molar-refractivity contribution in [3.8, 4) is 0 Å². The van der Waals surface area contributed by atoms with Gasteiger partial charge in [0.25, 0.3) is 0 Å². The Kier molecular flexibility index (Phi) is 4.95. The Balaban J connectivity index is 3.53. The highest BCUT2D eigenvalue weighted by Gasteiger charge is 2.12. The fraction of sp³-hybridized carbons (Fsp3) is 0.889. The van der Waals surface area contributed by atoms with Crippen molar-refractivity contribution in [3.05, 3.63) is 0 Å². The highest BCUT2D eigenvalue weighted by molar-refractivity contribution is 5.78. The van der Waals surface area contributed by atoms with Gasteiger partial charge in [-0.1, -0.05) is 0 Å². The summed E-state index contributed by atoms with van der Waals surface area (Å²) in [6, 6.07) is 0. The molecule has 0 spiro atoms. The first-order valence-corrected chi connectivity index (χ1v) is 4.51. The van der Waals surface area contributed by atoms with Gasteiger partial charge in [-0.25, -0.2) is 0 Å². The Bertz CT molecular complexity index is 161. The molecule has 0 rings (SSSR count). The lowest BCUT2D eigenvalue weighted by Crippen LogP contribution is -2.45. The first-order chi connectivity index (χ1) is 5.81. The topological polar surface area (TPSA) is 61.4 Å². The van der Waals surface area contributed by atoms with Gasteiger partial charge < -0.3 is 15.7 Å². The number of carbonyl (C=O) groups excluding carboxylic acids is 1. The Morgan fingerprint density at radius 3 is 2.38 bits per heavy atom. The van der Waals surface area contributed by atoms with E-state index in [0.717, 1.165) is 0 Å². The van der Waals surface area contributed by atoms with Gasteiger partial charge in [-0.15, -0.1) is 0 Å². The van der Waals surface area contributed by atoms with Crippen LogP contribution >= 0.6 is 0 Å². The van der Waals surface area contributed by atoms with Crippen molar-refractivity contribution in [2.24, 2.45) is 0 Å². The molecule has 1 atom stereocenters. The van der Waals surface area contributed by atoms with Gasteiger partial charge in [-0.2, -0.15) is 0 Å². The van der Waals surface area contributed by atoms with E-state index in [1.165, 1.54) is 0 Å². The average Bonchev–Trinajstić information content (AvgIpc) is 1.81. The van der Waals surface area contributed by atoms with Crippen molar-refractivity contribution in [2.75, 3.05) is 13.1 Å². The fourth-order valence-corrected chi connectivity index (χ4v) is 0.857. The number of amides is 1. The van der Waals surface area contributed by atoms with E-state index >= 15 is 0 Å². The van der Waals surface area contributed by atoms with Gasteiger partial charge in [-0.3, -0.25) is 4.79 Å². The summed E-state index contributed by atoms with van der Waals surface area (Å²) in [5, 5.41) is 14.6. The molecule has 0 saturated heterocycles. The van der Waals surface area contributed by atoms with E-state index in [9.17, 15) is 4.79 Å². The second-order valence-corrected chi connectivity index (χ2v) is 4.28. The summed E-state index contributed by atoms with van der Waals surface area (Å²) in [6.45, 7) is 8.16. The molecule has 13 heavy (non-hydrogen) atoms. The van der Waals surface area contributed by atoms with E-state index in [0.29, 0.717) is 6.54 Å². The molecule has 0 radical (unpaired) electrons. The quantitative estimate of drug-likeness (QED) is 0.576. The normalized spacial score (nSPS) is 13.9. The summed E-state index contributed by atoms with van der Waals surface area (Å²) in [5.74, 6) is -0.0480. The molecule has 0 fully saturated rings. The summed E-state index contributed by atoms with van der Waals surface area (Å²) in [5.41, 5.74) is -0.191. The largest absolute Gasteiger partial charge is 0.392 e. The van der Waals surface area contributed by atoms with Crippen LogP contribution in [0.1, 0.15) is 27.7 Å². The molecular weight excluding hydrogens is 168 g/mol. The molecule has 78 valence electrons. The van der Waals surface area contributed by atoms with Gasteiger partial charge in [0.05, 0.1) is 12.6 Å². The number of aliphatic hydroxyl groups is 1. The van der Waals surface area contributed by atoms with Crippen LogP contribution in [0.3, 0.4) is 0 Å². The van der Waals surface area contributed by atoms with Gasteiger partial charge in [0, 0.05) is 12.1 Å². The molecule has 0 aliphatic heterocycles. The van der Waals surface area contributed by atoms with Gasteiger partial charge >= 0.3 is 0 Å². The highest BCUT2D eigenvalue weighted by atomic mass is 16.3. The predicted molar refractivity (Wildman–Crippen MR) is 52.4 cm³/mol. The van der Waals surface area contributed by atoms with Gasteiger partial charge in [0.1, 0.15) is 0 Å². The zero-order valence-electron chi connectivity index (χ0n) is 8.85. The highest BCUT2D eigenvalue weighted by Crippen LogP contribution is 1.96. The molecule has 0 bridgehead atoms. The third-order valence-electron chi connectivity index (χ3n) is 1.24. The van der Waals surface area contributed by atoms with E-state index in [2.05, 4.69) is 10.6 Å². The van der Waals surface area contributed by atoms with Crippen LogP contribution in [-0.4, -0.2) is 35.7 Å². The molecule has 4 nitrogen and oxygen atoms in total. The SMILES string of the molecule is C[C@@H](O)CNCC(=O)NC(C)(C)C. The first kappa shape index (κ1) is 12.4. The molecule has 0 heterocycles. The number of aliphatic hydroxyl groups excluding tert-OH is 1. The number of hydrogen-bond acceptors (Lipinski definition) is 3. The zero-order chi connectivity index (χ0) is 10.5. The van der Waals surface area contributed by atoms with E-state index in [4.69, 9.17) is 5.11 Å². The molecule has 3 N–H and O–H groups in total. The fourth-order valence-electron chi connectivity index (χ4n) is 0.857. The first-order valence-electron chi connectivity index (χ1n) is 4.51. The minimum absolute atomic E-state index is 0.0480. The van der Waals surface area contributed by atoms with Crippen LogP contribution in [0.25, 0.3) is 0 Å². The van der Waals surface area contributed by atoms with E-state index in [-0.39, 0.29) is 18.0 Å². The smallest absolute Gasteiger partial charge is 0.234 e. The summed E-state index contributed by atoms with van der Waals surface area (Å²) >= 11 is 0. The molecule has 0 aromatic rings. The van der Waals surface area contributed by atoms with Crippen molar-refractivity contribution in [1.29, 1.82) is 0 Å². The van der Waals surface area contributed by atoms with Gasteiger partial charge in [0.15, 0.2) is 0 Å². The maximum absolute atomic E-state index is 11.2. The molecular formula is C9H20N2O2. The lowest BCUT2D eigenvalue weighted by atomic mass is 10.1. The number of rotatable bonds is 4. The molecule has 0 aromatic heterocycles. The van der Waals surface area contributed by atoms with Gasteiger partial charge in [-0.05, 0) is 27.7 Å². The molecule has 0 aromatic carbocycles. The van der Waals surface area contributed by atoms with E-state index in [1.54, 1.807) is 6.92 Å². The minimum Gasteiger partial charge on any atom is -0.392 e. The van der Waals surface area contributed by atoms with Crippen molar-refractivity contribution in [1.82, 2.24) is 10.6 Å². The molecule has 0 saturated carbocycles. The molecule has 4 heteroatoms. The Labute approximate surface area is 79.7 Å². The molecule has 1 amide bonds. The minimum atomic E-state index is -0.414. The van der Waals surface area contributed by atoms with Crippen molar-refractivity contribution >= 4 is 5.91 Å². The van der Waals surface area contributed by atoms with Crippen LogP contribution in [-0.2, 0) is 4.79 Å². The number of hydrogen-bond donors (Lipinski definition) is 3. The standard InChI is InChI=1S/C9H20N2O2/c1-7(12)5-10-6-8(13)11-9(2,3)4/h7,10,12H,5-6H2,1-4H3,(H,11,13)/t7-/m1/s1. The van der Waals surface area contributed by atoms with Crippen LogP contribution in [0.15, 0.2) is 0 Å². The lowest BCUT2D eigenvalue weighted by molar-refractivity contribution is -0.121. The molecule has 0 aliphatic carbocycles. The predicted octanol–water partition coefficient (Wildman–Crippen LogP) is -0.128. The Morgan fingerprint density at radius 2 is 2.00 bits per heavy atom. The Hall–Kier alpha value is -0.610. The average molecular weight is 188 g/mol. The van der Waals surface area contributed by atoms with Crippen LogP contribution in [0, 0.1) is 0 Å². The summed E-state index contributed by atoms with van der Waals surface area (Å²) < 4.78 is 0. The van der Waals surface area contributed by atoms with E-state index < -0.39 is 6.10 Å². The molecule has 0 unspecified atom stereocenters. The zero-order valence-corrected chi connectivity index (χ0v) is 8.85. The Morgan fingerprint density at radius 1 is 1.46 bits per heavy atom. The lowest BCUT2D eigenvalue weighted by Gasteiger charge is -2.20. The monoisotopic (exact) mass is 188 g/mol. The third-order valence-corrected chi connectivity index (χ3v) is 1.24. The van der Waals surface area contributed by atoms with Crippen LogP contribution in [0.5, 0.6) is 0 Å².